The van der Waals surface area contributed by atoms with Crippen LogP contribution in [0.15, 0.2) is 18.2 Å². The molecule has 2 N–H and O–H groups in total. The molecule has 3 heteroatoms. The minimum Gasteiger partial charge on any atom is -0.494 e. The van der Waals surface area contributed by atoms with Gasteiger partial charge in [-0.1, -0.05) is 185 Å². The lowest BCUT2D eigenvalue weighted by Crippen LogP contribution is -2.09. The fourth-order valence-corrected chi connectivity index (χ4v) is 7.57. The van der Waals surface area contributed by atoms with Gasteiger partial charge in [-0.25, -0.2) is 0 Å². The van der Waals surface area contributed by atoms with Crippen molar-refractivity contribution in [1.29, 1.82) is 0 Å². The Morgan fingerprint density at radius 2 is 0.740 bits per heavy atom. The molecule has 0 radical (unpaired) electrons. The Kier molecular flexibility index (Phi) is 27.4. The molecule has 0 bridgehead atoms. The van der Waals surface area contributed by atoms with Gasteiger partial charge >= 0.3 is 0 Å². The summed E-state index contributed by atoms with van der Waals surface area (Å²) in [6, 6.07) is 6.21. The lowest BCUT2D eigenvalue weighted by Gasteiger charge is -2.17. The quantitative estimate of drug-likeness (QED) is 0.0794. The Labute approximate surface area is 314 Å². The summed E-state index contributed by atoms with van der Waals surface area (Å²) in [5.41, 5.74) is 7.17. The van der Waals surface area contributed by atoms with Gasteiger partial charge in [0.2, 0.25) is 0 Å². The van der Waals surface area contributed by atoms with Gasteiger partial charge < -0.3 is 15.2 Å². The maximum atomic E-state index is 6.23. The number of rotatable bonds is 33. The molecule has 0 saturated carbocycles. The predicted octanol–water partition coefficient (Wildman–Crippen LogP) is 14.8. The van der Waals surface area contributed by atoms with Crippen molar-refractivity contribution in [2.45, 2.75) is 204 Å². The van der Waals surface area contributed by atoms with Gasteiger partial charge in [0.15, 0.2) is 0 Å². The van der Waals surface area contributed by atoms with E-state index in [4.69, 9.17) is 15.2 Å². The van der Waals surface area contributed by atoms with E-state index in [1.165, 1.54) is 116 Å². The Morgan fingerprint density at radius 3 is 1.08 bits per heavy atom. The zero-order chi connectivity index (χ0) is 37.1. The monoisotopic (exact) mass is 700 g/mol. The standard InChI is InChI=1S/C47H89NO2/c1-37(2)17-11-19-39(5)21-13-23-41(7)25-15-27-43(9)31-33-49-46-29-30-47(45(35-46)36-48)50-34-32-44(10)28-16-26-42(8)24-14-22-40(6)20-12-18-38(3)4/h29-30,35,37-44H,11-28,31-34,36,48H2,1-10H3. The number of hydrogen-bond donors (Lipinski definition) is 1. The molecule has 0 saturated heterocycles. The minimum atomic E-state index is 0.475. The normalized spacial score (nSPS) is 15.6. The molecule has 50 heavy (non-hydrogen) atoms. The van der Waals surface area contributed by atoms with Crippen molar-refractivity contribution in [2.75, 3.05) is 13.2 Å². The van der Waals surface area contributed by atoms with Crippen LogP contribution in [-0.2, 0) is 6.54 Å². The van der Waals surface area contributed by atoms with Gasteiger partial charge in [-0.05, 0) is 78.4 Å². The third-order valence-electron chi connectivity index (χ3n) is 11.5. The Bertz CT molecular complexity index is 912. The first-order valence-electron chi connectivity index (χ1n) is 22.0. The van der Waals surface area contributed by atoms with Gasteiger partial charge in [-0.15, -0.1) is 0 Å². The highest BCUT2D eigenvalue weighted by atomic mass is 16.5. The van der Waals surface area contributed by atoms with Crippen molar-refractivity contribution in [3.05, 3.63) is 23.8 Å². The fraction of sp³-hybridized carbons (Fsp3) is 0.872. The summed E-state index contributed by atoms with van der Waals surface area (Å²) in [5, 5.41) is 0. The molecule has 0 spiro atoms. The van der Waals surface area contributed by atoms with Crippen molar-refractivity contribution >= 4 is 0 Å². The maximum Gasteiger partial charge on any atom is 0.124 e. The topological polar surface area (TPSA) is 44.5 Å². The van der Waals surface area contributed by atoms with E-state index in [0.717, 1.165) is 78.6 Å². The molecule has 0 heterocycles. The smallest absolute Gasteiger partial charge is 0.124 e. The molecule has 6 unspecified atom stereocenters. The maximum absolute atomic E-state index is 6.23. The zero-order valence-corrected chi connectivity index (χ0v) is 35.5. The molecule has 1 rings (SSSR count). The number of nitrogens with two attached hydrogens (primary N) is 1. The molecule has 0 aliphatic carbocycles. The molecule has 0 aliphatic rings. The third kappa shape index (κ3) is 25.7. The van der Waals surface area contributed by atoms with E-state index < -0.39 is 0 Å². The van der Waals surface area contributed by atoms with Crippen LogP contribution in [-0.4, -0.2) is 13.2 Å². The van der Waals surface area contributed by atoms with Crippen LogP contribution in [0.5, 0.6) is 11.5 Å². The second-order valence-corrected chi connectivity index (χ2v) is 18.3. The molecule has 0 amide bonds. The first-order chi connectivity index (χ1) is 23.9. The van der Waals surface area contributed by atoms with Crippen LogP contribution in [0.3, 0.4) is 0 Å². The second-order valence-electron chi connectivity index (χ2n) is 18.3. The molecule has 294 valence electrons. The lowest BCUT2D eigenvalue weighted by molar-refractivity contribution is 0.266. The van der Waals surface area contributed by atoms with Crippen LogP contribution in [0.4, 0.5) is 0 Å². The van der Waals surface area contributed by atoms with E-state index in [-0.39, 0.29) is 0 Å². The molecule has 3 nitrogen and oxygen atoms in total. The van der Waals surface area contributed by atoms with Gasteiger partial charge in [-0.2, -0.15) is 0 Å². The van der Waals surface area contributed by atoms with Crippen LogP contribution in [0, 0.1) is 47.3 Å². The summed E-state index contributed by atoms with van der Waals surface area (Å²) in [7, 11) is 0. The summed E-state index contributed by atoms with van der Waals surface area (Å²) < 4.78 is 12.4. The van der Waals surface area contributed by atoms with Crippen LogP contribution < -0.4 is 15.2 Å². The molecule has 1 aromatic rings. The summed E-state index contributed by atoms with van der Waals surface area (Å²) in [4.78, 5) is 0. The highest BCUT2D eigenvalue weighted by Crippen LogP contribution is 2.27. The second kappa shape index (κ2) is 29.3. The van der Waals surface area contributed by atoms with Crippen molar-refractivity contribution in [2.24, 2.45) is 53.1 Å². The molecule has 0 aliphatic heterocycles. The van der Waals surface area contributed by atoms with Crippen LogP contribution in [0.25, 0.3) is 0 Å². The zero-order valence-electron chi connectivity index (χ0n) is 35.5. The van der Waals surface area contributed by atoms with Gasteiger partial charge in [0.1, 0.15) is 11.5 Å². The largest absolute Gasteiger partial charge is 0.494 e. The number of benzene rings is 1. The molecule has 0 fully saturated rings. The molecule has 1 aromatic carbocycles. The lowest BCUT2D eigenvalue weighted by atomic mass is 9.91. The summed E-state index contributed by atoms with van der Waals surface area (Å²) in [6.45, 7) is 26.0. The average Bonchev–Trinajstić information content (AvgIpc) is 3.05. The molecular formula is C47H89NO2. The molecule has 6 atom stereocenters. The highest BCUT2D eigenvalue weighted by Gasteiger charge is 2.12. The molecule has 0 aromatic heterocycles. The van der Waals surface area contributed by atoms with Crippen molar-refractivity contribution in [3.8, 4) is 11.5 Å². The average molecular weight is 700 g/mol. The first-order valence-corrected chi connectivity index (χ1v) is 22.0. The summed E-state index contributed by atoms with van der Waals surface area (Å²) >= 11 is 0. The van der Waals surface area contributed by atoms with E-state index in [9.17, 15) is 0 Å². The highest BCUT2D eigenvalue weighted by molar-refractivity contribution is 5.40. The first kappa shape index (κ1) is 46.8. The van der Waals surface area contributed by atoms with Crippen LogP contribution >= 0.6 is 0 Å². The van der Waals surface area contributed by atoms with Crippen LogP contribution in [0.2, 0.25) is 0 Å². The number of hydrogen-bond acceptors (Lipinski definition) is 3. The van der Waals surface area contributed by atoms with Crippen molar-refractivity contribution in [1.82, 2.24) is 0 Å². The van der Waals surface area contributed by atoms with Gasteiger partial charge in [0.25, 0.3) is 0 Å². The van der Waals surface area contributed by atoms with Gasteiger partial charge in [0.05, 0.1) is 13.2 Å². The third-order valence-corrected chi connectivity index (χ3v) is 11.5. The number of ether oxygens (including phenoxy) is 2. The van der Waals surface area contributed by atoms with E-state index in [0.29, 0.717) is 18.4 Å². The Balaban J connectivity index is 2.18. The Hall–Kier alpha value is -1.22. The Morgan fingerprint density at radius 1 is 0.420 bits per heavy atom. The SMILES string of the molecule is CC(C)CCCC(C)CCCC(C)CCCC(C)CCOc1ccc(OCCC(C)CCCC(C)CCCC(C)CCCC(C)C)c(CN)c1. The van der Waals surface area contributed by atoms with Crippen LogP contribution in [0.1, 0.15) is 203 Å². The van der Waals surface area contributed by atoms with Crippen molar-refractivity contribution in [3.63, 3.8) is 0 Å². The van der Waals surface area contributed by atoms with Crippen molar-refractivity contribution < 1.29 is 9.47 Å². The molecular weight excluding hydrogens is 611 g/mol. The van der Waals surface area contributed by atoms with Gasteiger partial charge in [-0.3, -0.25) is 0 Å². The van der Waals surface area contributed by atoms with E-state index in [2.05, 4.69) is 87.4 Å². The van der Waals surface area contributed by atoms with Gasteiger partial charge in [0, 0.05) is 12.1 Å². The van der Waals surface area contributed by atoms with E-state index in [1.807, 2.05) is 0 Å². The predicted molar refractivity (Wildman–Crippen MR) is 222 cm³/mol. The van der Waals surface area contributed by atoms with E-state index in [1.54, 1.807) is 0 Å². The summed E-state index contributed by atoms with van der Waals surface area (Å²) in [5.74, 6) is 8.41. The fourth-order valence-electron chi connectivity index (χ4n) is 7.57. The summed E-state index contributed by atoms with van der Waals surface area (Å²) in [6.07, 6.45) is 27.0. The minimum absolute atomic E-state index is 0.475. The van der Waals surface area contributed by atoms with E-state index >= 15 is 0 Å².